The van der Waals surface area contributed by atoms with Crippen LogP contribution < -0.4 is 17.0 Å². The number of rotatable bonds is 4. The van der Waals surface area contributed by atoms with Crippen LogP contribution in [0.1, 0.15) is 13.3 Å². The Balaban J connectivity index is 2.19. The molecule has 7 nitrogen and oxygen atoms in total. The maximum atomic E-state index is 12.5. The lowest BCUT2D eigenvalue weighted by atomic mass is 10.2. The molecule has 124 valence electrons. The third-order valence-corrected chi connectivity index (χ3v) is 4.54. The summed E-state index contributed by atoms with van der Waals surface area (Å²) in [5.41, 5.74) is 6.71. The van der Waals surface area contributed by atoms with Crippen molar-refractivity contribution in [2.24, 2.45) is 7.05 Å². The predicted octanol–water partition coefficient (Wildman–Crippen LogP) is 1.72. The van der Waals surface area contributed by atoms with Crippen LogP contribution in [0.15, 0.2) is 39.4 Å². The van der Waals surface area contributed by atoms with Crippen LogP contribution >= 0.6 is 11.3 Å². The predicted molar refractivity (Wildman–Crippen MR) is 95.0 cm³/mol. The van der Waals surface area contributed by atoms with E-state index in [0.717, 1.165) is 16.7 Å². The van der Waals surface area contributed by atoms with Gasteiger partial charge in [0.25, 0.3) is 5.56 Å². The first kappa shape index (κ1) is 16.1. The fourth-order valence-corrected chi connectivity index (χ4v) is 3.25. The van der Waals surface area contributed by atoms with Crippen molar-refractivity contribution in [2.45, 2.75) is 19.9 Å². The zero-order valence-corrected chi connectivity index (χ0v) is 14.2. The molecule has 3 aromatic heterocycles. The number of anilines is 1. The van der Waals surface area contributed by atoms with Crippen molar-refractivity contribution in [2.75, 3.05) is 5.73 Å². The highest BCUT2D eigenvalue weighted by Gasteiger charge is 2.19. The van der Waals surface area contributed by atoms with E-state index in [1.54, 1.807) is 11.6 Å². The van der Waals surface area contributed by atoms with E-state index in [4.69, 9.17) is 5.73 Å². The number of aromatic nitrogens is 4. The van der Waals surface area contributed by atoms with Crippen molar-refractivity contribution in [1.82, 2.24) is 19.1 Å². The number of nitrogens with two attached hydrogens (primary N) is 1. The lowest BCUT2D eigenvalue weighted by molar-refractivity contribution is 0.600. The van der Waals surface area contributed by atoms with Crippen molar-refractivity contribution in [3.8, 4) is 22.0 Å². The molecule has 0 aliphatic carbocycles. The van der Waals surface area contributed by atoms with Crippen molar-refractivity contribution >= 4 is 17.2 Å². The molecular weight excluding hydrogens is 326 g/mol. The van der Waals surface area contributed by atoms with Gasteiger partial charge in [0.15, 0.2) is 0 Å². The average Bonchev–Trinajstić information content (AvgIpc) is 3.07. The van der Waals surface area contributed by atoms with Gasteiger partial charge in [0.2, 0.25) is 0 Å². The molecule has 2 N–H and O–H groups in total. The number of hydrogen-bond acceptors (Lipinski definition) is 6. The number of nitrogen functional groups attached to an aromatic ring is 1. The van der Waals surface area contributed by atoms with Crippen molar-refractivity contribution in [3.63, 3.8) is 0 Å². The summed E-state index contributed by atoms with van der Waals surface area (Å²) < 4.78 is 2.48. The van der Waals surface area contributed by atoms with Crippen LogP contribution in [0.5, 0.6) is 0 Å². The zero-order valence-electron chi connectivity index (χ0n) is 13.4. The van der Waals surface area contributed by atoms with Crippen molar-refractivity contribution < 1.29 is 0 Å². The molecule has 0 aromatic carbocycles. The highest BCUT2D eigenvalue weighted by molar-refractivity contribution is 7.13. The minimum atomic E-state index is -0.442. The van der Waals surface area contributed by atoms with Crippen LogP contribution in [0.4, 0.5) is 5.82 Å². The summed E-state index contributed by atoms with van der Waals surface area (Å²) in [7, 11) is 1.45. The quantitative estimate of drug-likeness (QED) is 0.778. The Morgan fingerprint density at radius 2 is 2.04 bits per heavy atom. The van der Waals surface area contributed by atoms with E-state index in [1.165, 1.54) is 23.0 Å². The molecule has 0 saturated heterocycles. The largest absolute Gasteiger partial charge is 0.384 e. The van der Waals surface area contributed by atoms with E-state index in [0.29, 0.717) is 17.2 Å². The summed E-state index contributed by atoms with van der Waals surface area (Å²) >= 11 is 1.38. The Labute approximate surface area is 142 Å². The van der Waals surface area contributed by atoms with Crippen LogP contribution in [0.2, 0.25) is 0 Å². The van der Waals surface area contributed by atoms with Crippen LogP contribution in [-0.4, -0.2) is 19.1 Å². The van der Waals surface area contributed by atoms with Gasteiger partial charge in [0.05, 0.1) is 11.4 Å². The van der Waals surface area contributed by atoms with E-state index in [9.17, 15) is 9.59 Å². The fraction of sp³-hybridized carbons (Fsp3) is 0.250. The van der Waals surface area contributed by atoms with E-state index < -0.39 is 11.2 Å². The van der Waals surface area contributed by atoms with Crippen LogP contribution in [0, 0.1) is 0 Å². The minimum absolute atomic E-state index is 0.155. The molecule has 0 unspecified atom stereocenters. The summed E-state index contributed by atoms with van der Waals surface area (Å²) in [4.78, 5) is 33.5. The first-order valence-corrected chi connectivity index (χ1v) is 8.39. The van der Waals surface area contributed by atoms with Gasteiger partial charge in [-0.25, -0.2) is 9.78 Å². The monoisotopic (exact) mass is 343 g/mol. The molecule has 3 aromatic rings. The first-order chi connectivity index (χ1) is 11.5. The molecule has 0 bridgehead atoms. The first-order valence-electron chi connectivity index (χ1n) is 7.51. The Morgan fingerprint density at radius 3 is 2.71 bits per heavy atom. The van der Waals surface area contributed by atoms with E-state index in [-0.39, 0.29) is 11.4 Å². The molecule has 0 spiro atoms. The second kappa shape index (κ2) is 6.40. The lowest BCUT2D eigenvalue weighted by Gasteiger charge is -2.13. The smallest absolute Gasteiger partial charge is 0.332 e. The van der Waals surface area contributed by atoms with Gasteiger partial charge in [-0.05, 0) is 18.6 Å². The Hall–Kier alpha value is -2.74. The van der Waals surface area contributed by atoms with Crippen LogP contribution in [0.3, 0.4) is 0 Å². The molecule has 0 aliphatic rings. The Bertz CT molecular complexity index is 988. The van der Waals surface area contributed by atoms with E-state index in [1.807, 2.05) is 25.1 Å². The normalized spacial score (nSPS) is 10.9. The number of hydrogen-bond donors (Lipinski definition) is 1. The number of thiazole rings is 1. The summed E-state index contributed by atoms with van der Waals surface area (Å²) in [6.45, 7) is 2.39. The third-order valence-electron chi connectivity index (χ3n) is 3.67. The van der Waals surface area contributed by atoms with Gasteiger partial charge in [-0.15, -0.1) is 11.3 Å². The summed E-state index contributed by atoms with van der Waals surface area (Å²) in [5.74, 6) is 0.155. The molecule has 3 heterocycles. The van der Waals surface area contributed by atoms with Crippen molar-refractivity contribution in [3.05, 3.63) is 50.6 Å². The standard InChI is InChI=1S/C16H17N5O2S/c1-3-8-21-13(17)12(15(22)20(2)16(21)23)11-9-24-14(19-11)10-6-4-5-7-18-10/h4-7,9H,3,8,17H2,1-2H3. The Kier molecular flexibility index (Phi) is 4.30. The molecule has 3 rings (SSSR count). The summed E-state index contributed by atoms with van der Waals surface area (Å²) in [6.07, 6.45) is 2.42. The second-order valence-electron chi connectivity index (χ2n) is 5.31. The highest BCUT2D eigenvalue weighted by atomic mass is 32.1. The molecular formula is C16H17N5O2S. The van der Waals surface area contributed by atoms with Gasteiger partial charge in [-0.1, -0.05) is 13.0 Å². The number of nitrogens with zero attached hydrogens (tertiary/aromatic N) is 4. The van der Waals surface area contributed by atoms with Gasteiger partial charge in [0.1, 0.15) is 16.4 Å². The lowest BCUT2D eigenvalue weighted by Crippen LogP contribution is -2.40. The summed E-state index contributed by atoms with van der Waals surface area (Å²) in [6, 6.07) is 5.55. The van der Waals surface area contributed by atoms with Crippen molar-refractivity contribution in [1.29, 1.82) is 0 Å². The molecule has 0 aliphatic heterocycles. The maximum Gasteiger partial charge on any atom is 0.332 e. The molecule has 0 fully saturated rings. The third kappa shape index (κ3) is 2.65. The fourth-order valence-electron chi connectivity index (χ4n) is 2.46. The summed E-state index contributed by atoms with van der Waals surface area (Å²) in [5, 5.41) is 2.46. The van der Waals surface area contributed by atoms with E-state index in [2.05, 4.69) is 9.97 Å². The minimum Gasteiger partial charge on any atom is -0.384 e. The maximum absolute atomic E-state index is 12.5. The van der Waals surface area contributed by atoms with Crippen LogP contribution in [0.25, 0.3) is 22.0 Å². The Morgan fingerprint density at radius 1 is 1.25 bits per heavy atom. The molecule has 0 radical (unpaired) electrons. The number of pyridine rings is 1. The topological polar surface area (TPSA) is 95.8 Å². The molecule has 8 heteroatoms. The average molecular weight is 343 g/mol. The zero-order chi connectivity index (χ0) is 17.3. The van der Waals surface area contributed by atoms with Crippen LogP contribution in [-0.2, 0) is 13.6 Å². The van der Waals surface area contributed by atoms with Gasteiger partial charge in [-0.3, -0.25) is 18.9 Å². The highest BCUT2D eigenvalue weighted by Crippen LogP contribution is 2.28. The van der Waals surface area contributed by atoms with Gasteiger partial charge in [0, 0.05) is 25.2 Å². The van der Waals surface area contributed by atoms with Gasteiger partial charge in [-0.2, -0.15) is 0 Å². The molecule has 24 heavy (non-hydrogen) atoms. The molecule has 0 amide bonds. The van der Waals surface area contributed by atoms with Gasteiger partial charge >= 0.3 is 5.69 Å². The molecule has 0 atom stereocenters. The second-order valence-corrected chi connectivity index (χ2v) is 6.17. The van der Waals surface area contributed by atoms with Gasteiger partial charge < -0.3 is 5.73 Å². The SMILES string of the molecule is CCCn1c(N)c(-c2csc(-c3ccccn3)n2)c(=O)n(C)c1=O. The molecule has 0 saturated carbocycles. The van der Waals surface area contributed by atoms with E-state index >= 15 is 0 Å².